The van der Waals surface area contributed by atoms with Crippen LogP contribution < -0.4 is 9.47 Å². The molecule has 0 spiro atoms. The van der Waals surface area contributed by atoms with E-state index in [0.29, 0.717) is 29.1 Å². The highest BCUT2D eigenvalue weighted by Crippen LogP contribution is 2.24. The van der Waals surface area contributed by atoms with Crippen molar-refractivity contribution in [3.05, 3.63) is 107 Å². The van der Waals surface area contributed by atoms with E-state index in [4.69, 9.17) is 20.0 Å². The van der Waals surface area contributed by atoms with Gasteiger partial charge in [0, 0.05) is 0 Å². The molecule has 0 bridgehead atoms. The summed E-state index contributed by atoms with van der Waals surface area (Å²) in [6.45, 7) is 9.53. The Hall–Kier alpha value is -5.34. The molecule has 0 aromatic heterocycles. The maximum Gasteiger partial charge on any atom is 0.119 e. The molecule has 0 saturated carbocycles. The van der Waals surface area contributed by atoms with Gasteiger partial charge >= 0.3 is 0 Å². The first-order valence-electron chi connectivity index (χ1n) is 15.3. The zero-order chi connectivity index (χ0) is 32.3. The number of rotatable bonds is 13. The van der Waals surface area contributed by atoms with E-state index in [0.717, 1.165) is 53.4 Å². The lowest BCUT2D eigenvalue weighted by Gasteiger charge is -2.05. The standard InChI is InChI=1S/C20H23N3O.C17H17N3O.CH4/c1-3-4-5-6-13-24-20-11-9-18(10-12-20)22-23-19-8-7-16(2)17(14-19)15-21;1-3-10-21-17-8-6-15(7-9-17)19-20-16-5-4-13(2)14(11-16)12-18;/h7-12,14H,3-6,13H2,1-2H3;4-9,11H,3,10H2,1-2H3;1H4. The summed E-state index contributed by atoms with van der Waals surface area (Å²) < 4.78 is 11.2. The summed E-state index contributed by atoms with van der Waals surface area (Å²) in [4.78, 5) is 0. The number of unbranched alkanes of at least 4 members (excludes halogenated alkanes) is 3. The van der Waals surface area contributed by atoms with Gasteiger partial charge in [0.1, 0.15) is 11.5 Å². The average molecular weight is 617 g/mol. The summed E-state index contributed by atoms with van der Waals surface area (Å²) >= 11 is 0. The van der Waals surface area contributed by atoms with E-state index in [1.807, 2.05) is 86.6 Å². The maximum absolute atomic E-state index is 9.04. The third-order valence-electron chi connectivity index (χ3n) is 6.66. The Balaban J connectivity index is 0.000000316. The predicted octanol–water partition coefficient (Wildman–Crippen LogP) is 11.9. The van der Waals surface area contributed by atoms with Gasteiger partial charge in [-0.25, -0.2) is 0 Å². The third kappa shape index (κ3) is 12.7. The first kappa shape index (κ1) is 36.8. The molecule has 8 nitrogen and oxygen atoms in total. The molecule has 0 fully saturated rings. The van der Waals surface area contributed by atoms with E-state index < -0.39 is 0 Å². The summed E-state index contributed by atoms with van der Waals surface area (Å²) in [5.74, 6) is 1.69. The van der Waals surface area contributed by atoms with E-state index >= 15 is 0 Å². The second-order valence-corrected chi connectivity index (χ2v) is 10.4. The molecular formula is C38H44N6O2. The SMILES string of the molecule is C.CCCCCCOc1ccc(N=Nc2ccc(C)c(C#N)c2)cc1.CCCOc1ccc(N=Nc2ccc(C)c(C#N)c2)cc1. The monoisotopic (exact) mass is 616 g/mol. The van der Waals surface area contributed by atoms with Gasteiger partial charge in [-0.2, -0.15) is 31.0 Å². The second-order valence-electron chi connectivity index (χ2n) is 10.4. The molecule has 0 N–H and O–H groups in total. The van der Waals surface area contributed by atoms with E-state index in [1.165, 1.54) is 19.3 Å². The Labute approximate surface area is 274 Å². The Morgan fingerprint density at radius 2 is 0.935 bits per heavy atom. The van der Waals surface area contributed by atoms with Gasteiger partial charge in [0.15, 0.2) is 0 Å². The number of nitriles is 2. The van der Waals surface area contributed by atoms with Crippen molar-refractivity contribution in [1.82, 2.24) is 0 Å². The van der Waals surface area contributed by atoms with Gasteiger partial charge < -0.3 is 9.47 Å². The van der Waals surface area contributed by atoms with Crippen molar-refractivity contribution < 1.29 is 9.47 Å². The number of hydrogen-bond donors (Lipinski definition) is 0. The molecule has 0 amide bonds. The van der Waals surface area contributed by atoms with E-state index in [-0.39, 0.29) is 7.43 Å². The van der Waals surface area contributed by atoms with Crippen LogP contribution in [0.15, 0.2) is 105 Å². The number of nitrogens with zero attached hydrogens (tertiary/aromatic N) is 6. The third-order valence-corrected chi connectivity index (χ3v) is 6.66. The van der Waals surface area contributed by atoms with Crippen LogP contribution in [0.4, 0.5) is 22.7 Å². The van der Waals surface area contributed by atoms with Gasteiger partial charge in [-0.3, -0.25) is 0 Å². The first-order valence-corrected chi connectivity index (χ1v) is 15.3. The molecular weight excluding hydrogens is 572 g/mol. The molecule has 0 aliphatic rings. The fraction of sp³-hybridized carbons (Fsp3) is 0.316. The number of ether oxygens (including phenoxy) is 2. The van der Waals surface area contributed by atoms with Crippen LogP contribution in [0.3, 0.4) is 0 Å². The largest absolute Gasteiger partial charge is 0.494 e. The lowest BCUT2D eigenvalue weighted by molar-refractivity contribution is 0.305. The minimum absolute atomic E-state index is 0. The molecule has 0 aliphatic heterocycles. The van der Waals surface area contributed by atoms with Gasteiger partial charge in [0.05, 0.1) is 59.2 Å². The van der Waals surface area contributed by atoms with Gasteiger partial charge in [0.25, 0.3) is 0 Å². The van der Waals surface area contributed by atoms with Crippen molar-refractivity contribution >= 4 is 22.7 Å². The van der Waals surface area contributed by atoms with Crippen molar-refractivity contribution in [2.45, 2.75) is 67.2 Å². The second kappa shape index (κ2) is 20.6. The zero-order valence-electron chi connectivity index (χ0n) is 26.5. The average Bonchev–Trinajstić information content (AvgIpc) is 3.07. The molecule has 238 valence electrons. The fourth-order valence-electron chi connectivity index (χ4n) is 3.97. The Morgan fingerprint density at radius 1 is 0.522 bits per heavy atom. The molecule has 0 atom stereocenters. The molecule has 0 heterocycles. The molecule has 0 aliphatic carbocycles. The molecule has 4 aromatic carbocycles. The van der Waals surface area contributed by atoms with Gasteiger partial charge in [-0.15, -0.1) is 0 Å². The van der Waals surface area contributed by atoms with Crippen molar-refractivity contribution in [2.24, 2.45) is 20.5 Å². The Bertz CT molecular complexity index is 1630. The van der Waals surface area contributed by atoms with Crippen molar-refractivity contribution in [1.29, 1.82) is 10.5 Å². The van der Waals surface area contributed by atoms with Crippen LogP contribution in [0.1, 0.15) is 75.6 Å². The predicted molar refractivity (Wildman–Crippen MR) is 185 cm³/mol. The summed E-state index contributed by atoms with van der Waals surface area (Å²) in [5.41, 5.74) is 5.97. The molecule has 4 rings (SSSR count). The summed E-state index contributed by atoms with van der Waals surface area (Å²) in [7, 11) is 0. The zero-order valence-corrected chi connectivity index (χ0v) is 26.5. The molecule has 4 aromatic rings. The normalized spacial score (nSPS) is 10.4. The number of benzene rings is 4. The van der Waals surface area contributed by atoms with Gasteiger partial charge in [-0.1, -0.05) is 52.7 Å². The van der Waals surface area contributed by atoms with Crippen LogP contribution in [-0.2, 0) is 0 Å². The quantitative estimate of drug-likeness (QED) is 0.110. The Kier molecular flexibility index (Phi) is 16.5. The van der Waals surface area contributed by atoms with Crippen LogP contribution in [0.2, 0.25) is 0 Å². The summed E-state index contributed by atoms with van der Waals surface area (Å²) in [5, 5.41) is 34.7. The Morgan fingerprint density at radius 3 is 1.35 bits per heavy atom. The van der Waals surface area contributed by atoms with Crippen molar-refractivity contribution in [3.8, 4) is 23.6 Å². The van der Waals surface area contributed by atoms with Crippen LogP contribution in [0, 0.1) is 36.5 Å². The van der Waals surface area contributed by atoms with Gasteiger partial charge in [0.2, 0.25) is 0 Å². The van der Waals surface area contributed by atoms with E-state index in [2.05, 4.69) is 46.4 Å². The highest BCUT2D eigenvalue weighted by atomic mass is 16.5. The number of aryl methyl sites for hydroxylation is 2. The number of hydrogen-bond acceptors (Lipinski definition) is 8. The molecule has 0 saturated heterocycles. The minimum Gasteiger partial charge on any atom is -0.494 e. The first-order chi connectivity index (χ1) is 21.9. The summed E-state index contributed by atoms with van der Waals surface area (Å²) in [6.07, 6.45) is 5.77. The lowest BCUT2D eigenvalue weighted by Crippen LogP contribution is -1.96. The van der Waals surface area contributed by atoms with Crippen molar-refractivity contribution in [2.75, 3.05) is 13.2 Å². The molecule has 0 radical (unpaired) electrons. The van der Waals surface area contributed by atoms with Crippen molar-refractivity contribution in [3.63, 3.8) is 0 Å². The maximum atomic E-state index is 9.04. The topological polar surface area (TPSA) is 115 Å². The highest BCUT2D eigenvalue weighted by Gasteiger charge is 2.01. The summed E-state index contributed by atoms with van der Waals surface area (Å²) in [6, 6.07) is 30.3. The van der Waals surface area contributed by atoms with E-state index in [9.17, 15) is 0 Å². The number of azo groups is 2. The molecule has 46 heavy (non-hydrogen) atoms. The van der Waals surface area contributed by atoms with Crippen LogP contribution >= 0.6 is 0 Å². The van der Waals surface area contributed by atoms with Crippen LogP contribution in [0.5, 0.6) is 11.5 Å². The van der Waals surface area contributed by atoms with Crippen LogP contribution in [-0.4, -0.2) is 13.2 Å². The van der Waals surface area contributed by atoms with Crippen LogP contribution in [0.25, 0.3) is 0 Å². The highest BCUT2D eigenvalue weighted by molar-refractivity contribution is 5.50. The smallest absolute Gasteiger partial charge is 0.119 e. The minimum atomic E-state index is 0. The molecule has 8 heteroatoms. The molecule has 0 unspecified atom stereocenters. The van der Waals surface area contributed by atoms with E-state index in [1.54, 1.807) is 12.1 Å². The fourth-order valence-corrected chi connectivity index (χ4v) is 3.97. The lowest BCUT2D eigenvalue weighted by atomic mass is 10.1. The van der Waals surface area contributed by atoms with Gasteiger partial charge in [-0.05, 0) is 111 Å².